The summed E-state index contributed by atoms with van der Waals surface area (Å²) in [6.07, 6.45) is 41.2. The van der Waals surface area contributed by atoms with Crippen LogP contribution < -0.4 is 4.90 Å². The molecule has 0 aliphatic heterocycles. The van der Waals surface area contributed by atoms with Crippen molar-refractivity contribution in [3.8, 4) is 22.3 Å². The molecule has 0 aromatic heterocycles. The topological polar surface area (TPSA) is 3.24 Å². The Labute approximate surface area is 380 Å². The van der Waals surface area contributed by atoms with Gasteiger partial charge in [0.05, 0.1) is 0 Å². The molecule has 0 fully saturated rings. The number of benzene rings is 6. The molecule has 2 aliphatic carbocycles. The van der Waals surface area contributed by atoms with Crippen LogP contribution in [0.2, 0.25) is 0 Å². The Bertz CT molecular complexity index is 2980. The fraction of sp³-hybridized carbons (Fsp3) is 0.0794. The van der Waals surface area contributed by atoms with Gasteiger partial charge in [0.1, 0.15) is 0 Å². The molecule has 0 saturated carbocycles. The van der Waals surface area contributed by atoms with E-state index in [1.165, 1.54) is 72.0 Å². The summed E-state index contributed by atoms with van der Waals surface area (Å²) in [7, 11) is 0. The number of hydrogen-bond donors (Lipinski definition) is 0. The van der Waals surface area contributed by atoms with E-state index in [2.05, 4.69) is 250 Å². The first-order valence-electron chi connectivity index (χ1n) is 22.3. The van der Waals surface area contributed by atoms with E-state index in [0.717, 1.165) is 41.9 Å². The van der Waals surface area contributed by atoms with Crippen LogP contribution in [0.4, 0.5) is 11.4 Å². The van der Waals surface area contributed by atoms with Crippen LogP contribution in [0.1, 0.15) is 54.5 Å². The van der Waals surface area contributed by atoms with Crippen molar-refractivity contribution in [1.29, 1.82) is 0 Å². The van der Waals surface area contributed by atoms with Gasteiger partial charge in [0.25, 0.3) is 0 Å². The Hall–Kier alpha value is -7.74. The third kappa shape index (κ3) is 9.97. The summed E-state index contributed by atoms with van der Waals surface area (Å²) < 4.78 is 0. The van der Waals surface area contributed by atoms with Crippen LogP contribution >= 0.6 is 0 Å². The van der Waals surface area contributed by atoms with Gasteiger partial charge in [0.2, 0.25) is 0 Å². The van der Waals surface area contributed by atoms with Crippen LogP contribution in [0.5, 0.6) is 0 Å². The molecule has 1 nitrogen and oxygen atoms in total. The van der Waals surface area contributed by atoms with Crippen LogP contribution in [0, 0.1) is 0 Å². The second-order valence-electron chi connectivity index (χ2n) is 16.0. The molecule has 0 bridgehead atoms. The molecule has 0 spiro atoms. The lowest BCUT2D eigenvalue weighted by atomic mass is 9.89. The zero-order chi connectivity index (χ0) is 44.1. The highest BCUT2D eigenvalue weighted by Gasteiger charge is 2.16. The summed E-state index contributed by atoms with van der Waals surface area (Å²) in [5, 5.41) is 2.48. The average molecular weight is 826 g/mol. The lowest BCUT2D eigenvalue weighted by Crippen LogP contribution is -2.15. The summed E-state index contributed by atoms with van der Waals surface area (Å²) in [6, 6.07) is 46.6. The Morgan fingerprint density at radius 2 is 1.34 bits per heavy atom. The van der Waals surface area contributed by atoms with Crippen LogP contribution in [0.3, 0.4) is 0 Å². The molecule has 2 aliphatic rings. The van der Waals surface area contributed by atoms with Gasteiger partial charge < -0.3 is 4.90 Å². The van der Waals surface area contributed by atoms with Crippen molar-refractivity contribution < 1.29 is 0 Å². The smallest absolute Gasteiger partial charge is 0.0462 e. The monoisotopic (exact) mass is 825 g/mol. The highest BCUT2D eigenvalue weighted by Crippen LogP contribution is 2.37. The second-order valence-corrected chi connectivity index (χ2v) is 16.0. The van der Waals surface area contributed by atoms with Gasteiger partial charge in [0.15, 0.2) is 0 Å². The molecule has 6 aromatic rings. The lowest BCUT2D eigenvalue weighted by Gasteiger charge is -2.27. The van der Waals surface area contributed by atoms with E-state index < -0.39 is 0 Å². The zero-order valence-electron chi connectivity index (χ0n) is 37.0. The van der Waals surface area contributed by atoms with Crippen molar-refractivity contribution in [1.82, 2.24) is 0 Å². The third-order valence-electron chi connectivity index (χ3n) is 11.9. The summed E-state index contributed by atoms with van der Waals surface area (Å²) in [4.78, 5) is 2.30. The van der Waals surface area contributed by atoms with Crippen molar-refractivity contribution in [2.45, 2.75) is 33.1 Å². The largest absolute Gasteiger partial charge is 0.311 e. The molecule has 0 heterocycles. The highest BCUT2D eigenvalue weighted by molar-refractivity contribution is 5.89. The standard InChI is InChI=1S/C63H55N/c1-5-8-22-48(6-2)62-44-38-54(46-63(62)52-25-16-13-14-17-26-52)47(4)31-39-57(7-3)64(58-40-34-50(35-41-58)56-33-32-49-23-19-20-27-55(49)45-56)59-42-36-53(37-43-59)61-30-21-28-51-24-15-11-9-10-12-18-29-60(51)61/h5-11,13-23,25,27-46H,1,3,12,24,26H2,2,4H3/b10-9-,15-11-,22-8-,29-18-,47-31+,48-6+,57-39+. The second kappa shape index (κ2) is 20.9. The molecule has 6 aromatic carbocycles. The molecular formula is C63H55N. The van der Waals surface area contributed by atoms with Gasteiger partial charge in [-0.3, -0.25) is 0 Å². The predicted octanol–water partition coefficient (Wildman–Crippen LogP) is 17.6. The van der Waals surface area contributed by atoms with Crippen LogP contribution in [0.25, 0.3) is 55.8 Å². The van der Waals surface area contributed by atoms with Gasteiger partial charge in [-0.25, -0.2) is 0 Å². The van der Waals surface area contributed by atoms with E-state index in [9.17, 15) is 0 Å². The van der Waals surface area contributed by atoms with Gasteiger partial charge in [-0.05, 0) is 159 Å². The number of rotatable bonds is 12. The average Bonchev–Trinajstić information content (AvgIpc) is 3.64. The normalized spacial score (nSPS) is 15.8. The summed E-state index contributed by atoms with van der Waals surface area (Å²) in [6.45, 7) is 12.6. The minimum absolute atomic E-state index is 0.862. The quantitative estimate of drug-likeness (QED) is 0.111. The van der Waals surface area contributed by atoms with Crippen molar-refractivity contribution >= 4 is 44.9 Å². The van der Waals surface area contributed by atoms with Crippen molar-refractivity contribution in [2.24, 2.45) is 0 Å². The molecule has 0 atom stereocenters. The Kier molecular flexibility index (Phi) is 14.0. The fourth-order valence-corrected chi connectivity index (χ4v) is 8.48. The maximum atomic E-state index is 4.37. The molecule has 0 unspecified atom stereocenters. The first-order valence-corrected chi connectivity index (χ1v) is 22.3. The maximum absolute atomic E-state index is 4.37. The van der Waals surface area contributed by atoms with E-state index in [0.29, 0.717) is 0 Å². The minimum atomic E-state index is 0.862. The van der Waals surface area contributed by atoms with Crippen LogP contribution in [-0.4, -0.2) is 0 Å². The van der Waals surface area contributed by atoms with Crippen molar-refractivity contribution in [3.05, 3.63) is 277 Å². The summed E-state index contributed by atoms with van der Waals surface area (Å²) in [5.41, 5.74) is 17.6. The molecule has 1 heteroatoms. The number of fused-ring (bicyclic) bond motifs is 2. The summed E-state index contributed by atoms with van der Waals surface area (Å²) >= 11 is 0. The van der Waals surface area contributed by atoms with E-state index >= 15 is 0 Å². The van der Waals surface area contributed by atoms with Gasteiger partial charge >= 0.3 is 0 Å². The predicted molar refractivity (Wildman–Crippen MR) is 281 cm³/mol. The maximum Gasteiger partial charge on any atom is 0.0462 e. The first kappa shape index (κ1) is 42.9. The van der Waals surface area contributed by atoms with E-state index in [1.807, 2.05) is 18.2 Å². The van der Waals surface area contributed by atoms with Crippen LogP contribution in [-0.2, 0) is 6.42 Å². The number of anilines is 2. The fourth-order valence-electron chi connectivity index (χ4n) is 8.48. The third-order valence-corrected chi connectivity index (χ3v) is 11.9. The molecule has 0 amide bonds. The number of hydrogen-bond acceptors (Lipinski definition) is 1. The first-order chi connectivity index (χ1) is 31.5. The Balaban J connectivity index is 1.19. The molecule has 0 radical (unpaired) electrons. The van der Waals surface area contributed by atoms with E-state index in [1.54, 1.807) is 0 Å². The van der Waals surface area contributed by atoms with E-state index in [4.69, 9.17) is 0 Å². The Morgan fingerprint density at radius 1 is 0.609 bits per heavy atom. The number of allylic oxidation sites excluding steroid dienone is 20. The van der Waals surface area contributed by atoms with Crippen molar-refractivity contribution in [3.63, 3.8) is 0 Å². The molecule has 64 heavy (non-hydrogen) atoms. The molecule has 8 rings (SSSR count). The Morgan fingerprint density at radius 3 is 2.12 bits per heavy atom. The van der Waals surface area contributed by atoms with Gasteiger partial charge in [-0.2, -0.15) is 0 Å². The molecular weight excluding hydrogens is 771 g/mol. The molecule has 312 valence electrons. The summed E-state index contributed by atoms with van der Waals surface area (Å²) in [5.74, 6) is 0. The minimum Gasteiger partial charge on any atom is -0.311 e. The van der Waals surface area contributed by atoms with Gasteiger partial charge in [-0.1, -0.05) is 201 Å². The molecule has 0 saturated heterocycles. The van der Waals surface area contributed by atoms with E-state index in [-0.39, 0.29) is 0 Å². The van der Waals surface area contributed by atoms with Gasteiger partial charge in [0, 0.05) is 17.1 Å². The number of nitrogens with zero attached hydrogens (tertiary/aromatic N) is 1. The zero-order valence-corrected chi connectivity index (χ0v) is 37.0. The lowest BCUT2D eigenvalue weighted by molar-refractivity contribution is 1.21. The van der Waals surface area contributed by atoms with Crippen LogP contribution in [0.15, 0.2) is 250 Å². The SMILES string of the molecule is C=C/C=C\C(=C/C)c1ccc(/C(C)=C/C=C(\C=C)N(c2ccc(-c3ccc4ccccc4c3)cc2)c2ccc(-c3cccc4c3/C=C\C/C=C\C=C/C4)cc2)cc1C1=CC=CC=CC1. The van der Waals surface area contributed by atoms with Gasteiger partial charge in [-0.15, -0.1) is 0 Å². The molecule has 0 N–H and O–H groups in total. The highest BCUT2D eigenvalue weighted by atomic mass is 15.1. The van der Waals surface area contributed by atoms with Crippen molar-refractivity contribution in [2.75, 3.05) is 4.90 Å².